The van der Waals surface area contributed by atoms with Gasteiger partial charge >= 0.3 is 11.9 Å². The number of esters is 2. The lowest BCUT2D eigenvalue weighted by atomic mass is 10.1. The fraction of sp³-hybridized carbons (Fsp3) is 0.692. The second-order valence-electron chi connectivity index (χ2n) is 11.6. The van der Waals surface area contributed by atoms with Crippen LogP contribution in [0.3, 0.4) is 0 Å². The molecule has 0 radical (unpaired) electrons. The number of rotatable bonds is 31. The van der Waals surface area contributed by atoms with Crippen LogP contribution in [0.5, 0.6) is 0 Å². The highest BCUT2D eigenvalue weighted by atomic mass is 16.6. The standard InChI is InChI=1S/C39H66O5/c1-3-5-7-9-11-13-15-16-17-18-19-20-21-22-24-26-28-30-32-34-39(42)44-37(35-40)36-43-38(41)33-31-29-27-25-23-14-12-10-8-6-4-2/h10-13,16-17,19-20,22,24,37,40H,3-9,14-15,18,21,23,25-36H2,1-2H3/t37-/m0/s1. The summed E-state index contributed by atoms with van der Waals surface area (Å²) in [5.74, 6) is -0.645. The maximum Gasteiger partial charge on any atom is 0.306 e. The minimum Gasteiger partial charge on any atom is -0.462 e. The molecule has 252 valence electrons. The van der Waals surface area contributed by atoms with E-state index in [2.05, 4.69) is 74.6 Å². The number of hydrogen-bond acceptors (Lipinski definition) is 5. The Morgan fingerprint density at radius 1 is 0.523 bits per heavy atom. The van der Waals surface area contributed by atoms with Gasteiger partial charge in [-0.25, -0.2) is 0 Å². The molecule has 0 aromatic carbocycles. The van der Waals surface area contributed by atoms with E-state index in [1.807, 2.05) is 0 Å². The first-order chi connectivity index (χ1) is 21.6. The Labute approximate surface area is 271 Å². The van der Waals surface area contributed by atoms with Crippen molar-refractivity contribution in [3.8, 4) is 0 Å². The van der Waals surface area contributed by atoms with Gasteiger partial charge in [-0.3, -0.25) is 9.59 Å². The molecule has 44 heavy (non-hydrogen) atoms. The summed E-state index contributed by atoms with van der Waals surface area (Å²) in [6.45, 7) is 4.01. The van der Waals surface area contributed by atoms with Crippen LogP contribution >= 0.6 is 0 Å². The van der Waals surface area contributed by atoms with Crippen molar-refractivity contribution in [3.63, 3.8) is 0 Å². The van der Waals surface area contributed by atoms with Crippen molar-refractivity contribution in [2.75, 3.05) is 13.2 Å². The average Bonchev–Trinajstić information content (AvgIpc) is 3.02. The van der Waals surface area contributed by atoms with Gasteiger partial charge in [-0.1, -0.05) is 126 Å². The summed E-state index contributed by atoms with van der Waals surface area (Å²) in [4.78, 5) is 24.1. The highest BCUT2D eigenvalue weighted by Crippen LogP contribution is 2.10. The van der Waals surface area contributed by atoms with Gasteiger partial charge in [0, 0.05) is 12.8 Å². The fourth-order valence-electron chi connectivity index (χ4n) is 4.52. The first kappa shape index (κ1) is 41.6. The summed E-state index contributed by atoms with van der Waals surface area (Å²) in [5.41, 5.74) is 0. The Morgan fingerprint density at radius 3 is 1.48 bits per heavy atom. The van der Waals surface area contributed by atoms with Crippen LogP contribution in [-0.2, 0) is 19.1 Å². The Bertz CT molecular complexity index is 792. The van der Waals surface area contributed by atoms with E-state index in [0.717, 1.165) is 70.6 Å². The average molecular weight is 615 g/mol. The highest BCUT2D eigenvalue weighted by molar-refractivity contribution is 5.70. The number of ether oxygens (including phenoxy) is 2. The monoisotopic (exact) mass is 614 g/mol. The van der Waals surface area contributed by atoms with Crippen LogP contribution in [0.1, 0.15) is 155 Å². The summed E-state index contributed by atoms with van der Waals surface area (Å²) in [7, 11) is 0. The van der Waals surface area contributed by atoms with E-state index in [1.165, 1.54) is 57.8 Å². The molecule has 1 N–H and O–H groups in total. The largest absolute Gasteiger partial charge is 0.462 e. The Hall–Kier alpha value is -2.40. The van der Waals surface area contributed by atoms with Gasteiger partial charge in [0.05, 0.1) is 6.61 Å². The van der Waals surface area contributed by atoms with E-state index in [1.54, 1.807) is 0 Å². The van der Waals surface area contributed by atoms with Crippen LogP contribution in [0.25, 0.3) is 0 Å². The molecule has 0 rings (SSSR count). The lowest BCUT2D eigenvalue weighted by Crippen LogP contribution is -2.28. The Morgan fingerprint density at radius 2 is 0.932 bits per heavy atom. The molecule has 0 aliphatic heterocycles. The second kappa shape index (κ2) is 35.1. The van der Waals surface area contributed by atoms with Crippen LogP contribution in [0.15, 0.2) is 60.8 Å². The van der Waals surface area contributed by atoms with Crippen LogP contribution in [-0.4, -0.2) is 36.4 Å². The predicted octanol–water partition coefficient (Wildman–Crippen LogP) is 10.8. The first-order valence-corrected chi connectivity index (χ1v) is 17.8. The lowest BCUT2D eigenvalue weighted by Gasteiger charge is -2.15. The van der Waals surface area contributed by atoms with Gasteiger partial charge in [0.2, 0.25) is 0 Å². The van der Waals surface area contributed by atoms with Crippen molar-refractivity contribution in [2.24, 2.45) is 0 Å². The minimum absolute atomic E-state index is 0.0858. The second-order valence-corrected chi connectivity index (χ2v) is 11.6. The van der Waals surface area contributed by atoms with Crippen molar-refractivity contribution in [3.05, 3.63) is 60.8 Å². The third-order valence-electron chi connectivity index (χ3n) is 7.28. The molecule has 0 saturated heterocycles. The summed E-state index contributed by atoms with van der Waals surface area (Å²) in [5, 5.41) is 9.51. The van der Waals surface area contributed by atoms with Gasteiger partial charge < -0.3 is 14.6 Å². The maximum absolute atomic E-state index is 12.1. The summed E-state index contributed by atoms with van der Waals surface area (Å²) < 4.78 is 10.5. The van der Waals surface area contributed by atoms with Gasteiger partial charge in [0.25, 0.3) is 0 Å². The van der Waals surface area contributed by atoms with Crippen LogP contribution in [0, 0.1) is 0 Å². The number of allylic oxidation sites excluding steroid dienone is 10. The molecule has 0 amide bonds. The zero-order valence-electron chi connectivity index (χ0n) is 28.4. The van der Waals surface area contributed by atoms with Crippen molar-refractivity contribution >= 4 is 11.9 Å². The number of hydrogen-bond donors (Lipinski definition) is 1. The molecule has 0 aromatic rings. The molecule has 0 fully saturated rings. The quantitative estimate of drug-likeness (QED) is 0.0478. The molecule has 5 heteroatoms. The summed E-state index contributed by atoms with van der Waals surface area (Å²) in [6, 6.07) is 0. The van der Waals surface area contributed by atoms with E-state index >= 15 is 0 Å². The maximum atomic E-state index is 12.1. The molecule has 5 nitrogen and oxygen atoms in total. The number of unbranched alkanes of at least 4 members (excludes halogenated alkanes) is 13. The summed E-state index contributed by atoms with van der Waals surface area (Å²) in [6.07, 6.45) is 44.1. The van der Waals surface area contributed by atoms with Gasteiger partial charge in [0.15, 0.2) is 6.10 Å². The molecule has 0 saturated carbocycles. The van der Waals surface area contributed by atoms with Gasteiger partial charge in [0.1, 0.15) is 6.61 Å². The smallest absolute Gasteiger partial charge is 0.306 e. The van der Waals surface area contributed by atoms with E-state index < -0.39 is 6.10 Å². The molecule has 0 bridgehead atoms. The van der Waals surface area contributed by atoms with Gasteiger partial charge in [-0.2, -0.15) is 0 Å². The van der Waals surface area contributed by atoms with Gasteiger partial charge in [-0.05, 0) is 77.0 Å². The highest BCUT2D eigenvalue weighted by Gasteiger charge is 2.16. The molecule has 0 spiro atoms. The zero-order chi connectivity index (χ0) is 32.2. The van der Waals surface area contributed by atoms with Crippen molar-refractivity contribution in [1.29, 1.82) is 0 Å². The third-order valence-corrected chi connectivity index (χ3v) is 7.28. The Kier molecular flexibility index (Phi) is 33.2. The molecular formula is C39H66O5. The number of carbonyl (C=O) groups excluding carboxylic acids is 2. The topological polar surface area (TPSA) is 72.8 Å². The number of carbonyl (C=O) groups is 2. The van der Waals surface area contributed by atoms with Crippen molar-refractivity contribution in [1.82, 2.24) is 0 Å². The molecular weight excluding hydrogens is 548 g/mol. The van der Waals surface area contributed by atoms with E-state index in [0.29, 0.717) is 12.8 Å². The van der Waals surface area contributed by atoms with Crippen LogP contribution in [0.4, 0.5) is 0 Å². The van der Waals surface area contributed by atoms with E-state index in [4.69, 9.17) is 9.47 Å². The normalized spacial score (nSPS) is 12.9. The van der Waals surface area contributed by atoms with Gasteiger partial charge in [-0.15, -0.1) is 0 Å². The molecule has 0 aromatic heterocycles. The molecule has 0 aliphatic rings. The van der Waals surface area contributed by atoms with E-state index in [-0.39, 0.29) is 25.2 Å². The Balaban J connectivity index is 3.69. The molecule has 0 unspecified atom stereocenters. The minimum atomic E-state index is -0.791. The molecule has 0 heterocycles. The van der Waals surface area contributed by atoms with E-state index in [9.17, 15) is 14.7 Å². The van der Waals surface area contributed by atoms with Crippen molar-refractivity contribution in [2.45, 2.75) is 161 Å². The van der Waals surface area contributed by atoms with Crippen LogP contribution in [0.2, 0.25) is 0 Å². The van der Waals surface area contributed by atoms with Crippen LogP contribution < -0.4 is 0 Å². The molecule has 0 aliphatic carbocycles. The zero-order valence-corrected chi connectivity index (χ0v) is 28.4. The third kappa shape index (κ3) is 32.5. The first-order valence-electron chi connectivity index (χ1n) is 17.8. The fourth-order valence-corrected chi connectivity index (χ4v) is 4.52. The predicted molar refractivity (Wildman–Crippen MR) is 187 cm³/mol. The number of aliphatic hydroxyl groups excluding tert-OH is 1. The SMILES string of the molecule is CCCCC=CCCCCCCCC(=O)OC[C@H](CO)OC(=O)CCCCCC=CCC=CCC=CCC=CCCCCC. The van der Waals surface area contributed by atoms with Crippen molar-refractivity contribution < 1.29 is 24.2 Å². The number of aliphatic hydroxyl groups is 1. The molecule has 1 atom stereocenters. The summed E-state index contributed by atoms with van der Waals surface area (Å²) >= 11 is 0. The lowest BCUT2D eigenvalue weighted by molar-refractivity contribution is -0.161.